The van der Waals surface area contributed by atoms with Gasteiger partial charge in [-0.15, -0.1) is 11.3 Å². The molecule has 5 rings (SSSR count). The fraction of sp³-hybridized carbons (Fsp3) is 0.574. The van der Waals surface area contributed by atoms with Crippen molar-refractivity contribution < 1.29 is 52.4 Å². The lowest BCUT2D eigenvalue weighted by Crippen LogP contribution is -2.54. The van der Waals surface area contributed by atoms with Crippen molar-refractivity contribution in [3.05, 3.63) is 81.8 Å². The van der Waals surface area contributed by atoms with E-state index in [2.05, 4.69) is 16.0 Å². The molecule has 2 aromatic carbocycles. The zero-order chi connectivity index (χ0) is 45.7. The molecule has 1 saturated heterocycles. The molecule has 2 fully saturated rings. The Labute approximate surface area is 380 Å². The number of amides is 4. The normalized spacial score (nSPS) is 16.4. The third kappa shape index (κ3) is 16.8. The Bertz CT molecular complexity index is 1930. The number of rotatable bonds is 24. The number of likely N-dealkylation sites (tertiary alicyclic amines) is 1. The number of thiazole rings is 1. The SMILES string of the molecule is C[C@@H](CNC(=O)OCc1ccccc1)C(=O)N[C@H](C(=O)N1CCC[C@H]1c1nc(C(=O)c2cccc(OCCOCCOCCOCCNC(=O)OC(C)(C)C)c2)cs1)C1CCCCC1. The number of hydrogen-bond donors (Lipinski definition) is 3. The van der Waals surface area contributed by atoms with E-state index in [1.54, 1.807) is 57.3 Å². The van der Waals surface area contributed by atoms with Gasteiger partial charge in [-0.3, -0.25) is 14.4 Å². The number of ether oxygens (including phenoxy) is 6. The number of alkyl carbamates (subject to hydrolysis) is 2. The Balaban J connectivity index is 1.04. The van der Waals surface area contributed by atoms with Crippen LogP contribution in [0.5, 0.6) is 5.75 Å². The average Bonchev–Trinajstić information content (AvgIpc) is 3.99. The summed E-state index contributed by atoms with van der Waals surface area (Å²) in [5, 5.41) is 10.8. The monoisotopic (exact) mass is 907 g/mol. The number of aromatic nitrogens is 1. The lowest BCUT2D eigenvalue weighted by atomic mass is 9.83. The highest BCUT2D eigenvalue weighted by molar-refractivity contribution is 7.10. The van der Waals surface area contributed by atoms with Gasteiger partial charge in [-0.05, 0) is 70.1 Å². The molecule has 1 aliphatic heterocycles. The molecule has 0 bridgehead atoms. The molecular formula is C47H65N5O11S. The summed E-state index contributed by atoms with van der Waals surface area (Å²) in [5.74, 6) is -0.773. The third-order valence-electron chi connectivity index (χ3n) is 10.7. The van der Waals surface area contributed by atoms with Crippen LogP contribution in [0.3, 0.4) is 0 Å². The highest BCUT2D eigenvalue weighted by Gasteiger charge is 2.40. The fourth-order valence-corrected chi connectivity index (χ4v) is 8.38. The van der Waals surface area contributed by atoms with E-state index in [0.29, 0.717) is 81.2 Å². The first-order valence-electron chi connectivity index (χ1n) is 22.4. The van der Waals surface area contributed by atoms with Crippen molar-refractivity contribution in [1.82, 2.24) is 25.8 Å². The number of benzene rings is 2. The van der Waals surface area contributed by atoms with E-state index in [0.717, 1.165) is 44.1 Å². The van der Waals surface area contributed by atoms with E-state index in [-0.39, 0.29) is 49.3 Å². The molecule has 350 valence electrons. The second-order valence-electron chi connectivity index (χ2n) is 17.0. The minimum Gasteiger partial charge on any atom is -0.491 e. The number of nitrogens with zero attached hydrogens (tertiary/aromatic N) is 2. The molecule has 0 radical (unpaired) electrons. The van der Waals surface area contributed by atoms with Crippen LogP contribution in [0.25, 0.3) is 0 Å². The van der Waals surface area contributed by atoms with Crippen LogP contribution in [0.4, 0.5) is 9.59 Å². The van der Waals surface area contributed by atoms with Crippen LogP contribution in [0.2, 0.25) is 0 Å². The van der Waals surface area contributed by atoms with Gasteiger partial charge in [0.15, 0.2) is 0 Å². The topological polar surface area (TPSA) is 193 Å². The number of ketones is 1. The van der Waals surface area contributed by atoms with Gasteiger partial charge >= 0.3 is 12.2 Å². The molecule has 17 heteroatoms. The van der Waals surface area contributed by atoms with Crippen molar-refractivity contribution in [3.63, 3.8) is 0 Å². The maximum absolute atomic E-state index is 14.4. The Morgan fingerprint density at radius 2 is 1.52 bits per heavy atom. The summed E-state index contributed by atoms with van der Waals surface area (Å²) in [7, 11) is 0. The molecule has 1 aromatic heterocycles. The molecule has 64 heavy (non-hydrogen) atoms. The van der Waals surface area contributed by atoms with Crippen molar-refractivity contribution in [2.24, 2.45) is 11.8 Å². The van der Waals surface area contributed by atoms with Crippen molar-refractivity contribution in [1.29, 1.82) is 0 Å². The lowest BCUT2D eigenvalue weighted by molar-refractivity contribution is -0.140. The van der Waals surface area contributed by atoms with E-state index in [1.807, 2.05) is 35.2 Å². The van der Waals surface area contributed by atoms with Crippen LogP contribution in [0.15, 0.2) is 60.0 Å². The third-order valence-corrected chi connectivity index (χ3v) is 11.7. The smallest absolute Gasteiger partial charge is 0.407 e. The van der Waals surface area contributed by atoms with Gasteiger partial charge < -0.3 is 49.3 Å². The molecule has 0 spiro atoms. The molecule has 2 heterocycles. The molecule has 3 atom stereocenters. The summed E-state index contributed by atoms with van der Waals surface area (Å²) in [6.07, 6.45) is 5.14. The largest absolute Gasteiger partial charge is 0.491 e. The second kappa shape index (κ2) is 26.0. The highest BCUT2D eigenvalue weighted by Crippen LogP contribution is 2.37. The van der Waals surface area contributed by atoms with E-state index >= 15 is 0 Å². The van der Waals surface area contributed by atoms with E-state index in [9.17, 15) is 24.0 Å². The fourth-order valence-electron chi connectivity index (χ4n) is 7.43. The van der Waals surface area contributed by atoms with Gasteiger partial charge in [-0.2, -0.15) is 0 Å². The van der Waals surface area contributed by atoms with Gasteiger partial charge in [0, 0.05) is 30.6 Å². The van der Waals surface area contributed by atoms with Crippen molar-refractivity contribution in [2.75, 3.05) is 65.9 Å². The quantitative estimate of drug-likeness (QED) is 0.0644. The van der Waals surface area contributed by atoms with Gasteiger partial charge in [-0.25, -0.2) is 14.6 Å². The Hall–Kier alpha value is -5.10. The van der Waals surface area contributed by atoms with Crippen molar-refractivity contribution in [3.8, 4) is 5.75 Å². The summed E-state index contributed by atoms with van der Waals surface area (Å²) in [4.78, 5) is 72.2. The van der Waals surface area contributed by atoms with E-state index in [1.165, 1.54) is 11.3 Å². The summed E-state index contributed by atoms with van der Waals surface area (Å²) >= 11 is 1.36. The molecule has 4 amide bonds. The molecule has 16 nitrogen and oxygen atoms in total. The average molecular weight is 908 g/mol. The van der Waals surface area contributed by atoms with Crippen LogP contribution in [0, 0.1) is 11.8 Å². The molecule has 2 aliphatic rings. The standard InChI is InChI=1S/C47H65N5O11S/c1-33(30-49-45(56)62-31-34-13-7-5-8-14-34)42(54)51-40(35-15-9-6-10-16-35)44(55)52-21-12-19-39(52)43-50-38(32-64-43)41(53)36-17-11-18-37(29-36)61-28-27-60-26-25-59-24-23-58-22-20-48-46(57)63-47(2,3)4/h5,7-8,11,13-14,17-18,29,32-33,35,39-40H,6,9-10,12,15-16,19-28,30-31H2,1-4H3,(H,48,57)(H,49,56)(H,51,54)/t33-,39-,40-/m0/s1. The van der Waals surface area contributed by atoms with E-state index < -0.39 is 29.7 Å². The first kappa shape index (κ1) is 49.9. The number of carbonyl (C=O) groups excluding carboxylic acids is 5. The highest BCUT2D eigenvalue weighted by atomic mass is 32.1. The predicted octanol–water partition coefficient (Wildman–Crippen LogP) is 6.62. The van der Waals surface area contributed by atoms with Crippen LogP contribution < -0.4 is 20.7 Å². The summed E-state index contributed by atoms with van der Waals surface area (Å²) < 4.78 is 32.9. The molecule has 1 saturated carbocycles. The van der Waals surface area contributed by atoms with Gasteiger partial charge in [0.2, 0.25) is 17.6 Å². The van der Waals surface area contributed by atoms with Gasteiger partial charge in [-0.1, -0.05) is 68.7 Å². The molecule has 3 aromatic rings. The summed E-state index contributed by atoms with van der Waals surface area (Å²) in [6, 6.07) is 15.3. The zero-order valence-electron chi connectivity index (χ0n) is 37.6. The number of nitrogens with one attached hydrogen (secondary N) is 3. The van der Waals surface area contributed by atoms with Crippen LogP contribution in [0.1, 0.15) is 105 Å². The van der Waals surface area contributed by atoms with E-state index in [4.69, 9.17) is 33.4 Å². The predicted molar refractivity (Wildman–Crippen MR) is 240 cm³/mol. The van der Waals surface area contributed by atoms with Gasteiger partial charge in [0.05, 0.1) is 51.6 Å². The maximum Gasteiger partial charge on any atom is 0.407 e. The van der Waals surface area contributed by atoms with Crippen LogP contribution >= 0.6 is 11.3 Å². The molecule has 0 unspecified atom stereocenters. The Morgan fingerprint density at radius 1 is 0.812 bits per heavy atom. The maximum atomic E-state index is 14.4. The minimum absolute atomic E-state index is 0.00357. The number of carbonyl (C=O) groups is 5. The molecule has 3 N–H and O–H groups in total. The second-order valence-corrected chi connectivity index (χ2v) is 17.8. The minimum atomic E-state index is -0.706. The first-order valence-corrected chi connectivity index (χ1v) is 23.2. The van der Waals surface area contributed by atoms with Crippen LogP contribution in [-0.2, 0) is 39.9 Å². The molecular weight excluding hydrogens is 843 g/mol. The van der Waals surface area contributed by atoms with Gasteiger partial charge in [0.1, 0.15) is 41.3 Å². The Morgan fingerprint density at radius 3 is 2.23 bits per heavy atom. The van der Waals surface area contributed by atoms with Crippen molar-refractivity contribution >= 4 is 41.1 Å². The lowest BCUT2D eigenvalue weighted by Gasteiger charge is -2.35. The van der Waals surface area contributed by atoms with Crippen molar-refractivity contribution in [2.45, 2.75) is 96.9 Å². The Kier molecular flexibility index (Phi) is 20.3. The van der Waals surface area contributed by atoms with Crippen LogP contribution in [-0.4, -0.2) is 117 Å². The number of hydrogen-bond acceptors (Lipinski definition) is 13. The molecule has 1 aliphatic carbocycles. The van der Waals surface area contributed by atoms with Gasteiger partial charge in [0.25, 0.3) is 0 Å². The zero-order valence-corrected chi connectivity index (χ0v) is 38.4. The first-order chi connectivity index (χ1) is 30.9. The summed E-state index contributed by atoms with van der Waals surface area (Å²) in [5.41, 5.74) is 1.04. The summed E-state index contributed by atoms with van der Waals surface area (Å²) in [6.45, 7) is 10.7.